The van der Waals surface area contributed by atoms with Crippen LogP contribution < -0.4 is 0 Å². The van der Waals surface area contributed by atoms with E-state index in [1.165, 1.54) is 18.2 Å². The monoisotopic (exact) mass is 321 g/mol. The maximum Gasteiger partial charge on any atom is 0.320 e. The lowest BCUT2D eigenvalue weighted by atomic mass is 10.1. The van der Waals surface area contributed by atoms with Crippen LogP contribution >= 0.6 is 0 Å². The minimum absolute atomic E-state index is 0.0142. The van der Waals surface area contributed by atoms with Crippen molar-refractivity contribution in [1.82, 2.24) is 14.7 Å². The number of amides is 3. The lowest BCUT2D eigenvalue weighted by Gasteiger charge is -2.38. The van der Waals surface area contributed by atoms with Crippen LogP contribution in [0.1, 0.15) is 31.1 Å². The Bertz CT molecular complexity index is 569. The number of benzene rings is 1. The molecule has 1 aromatic carbocycles. The van der Waals surface area contributed by atoms with Crippen molar-refractivity contribution in [2.75, 3.05) is 32.7 Å². The van der Waals surface area contributed by atoms with E-state index in [0.717, 1.165) is 0 Å². The summed E-state index contributed by atoms with van der Waals surface area (Å²) >= 11 is 0. The average molecular weight is 321 g/mol. The smallest absolute Gasteiger partial charge is 0.320 e. The molecule has 23 heavy (non-hydrogen) atoms. The molecule has 0 saturated carbocycles. The largest absolute Gasteiger partial charge is 0.335 e. The van der Waals surface area contributed by atoms with Crippen LogP contribution in [0.3, 0.4) is 0 Å². The first-order chi connectivity index (χ1) is 10.9. The maximum absolute atomic E-state index is 13.2. The van der Waals surface area contributed by atoms with Gasteiger partial charge in [-0.25, -0.2) is 9.18 Å². The summed E-state index contributed by atoms with van der Waals surface area (Å²) in [5, 5.41) is 0. The Labute approximate surface area is 136 Å². The van der Waals surface area contributed by atoms with Gasteiger partial charge in [-0.3, -0.25) is 4.79 Å². The molecule has 0 spiro atoms. The second-order valence-electron chi connectivity index (χ2n) is 5.95. The van der Waals surface area contributed by atoms with Gasteiger partial charge in [0.15, 0.2) is 0 Å². The molecule has 0 bridgehead atoms. The van der Waals surface area contributed by atoms with Crippen molar-refractivity contribution in [3.8, 4) is 0 Å². The summed E-state index contributed by atoms with van der Waals surface area (Å²) in [6, 6.07) is 5.88. The molecule has 3 amide bonds. The molecule has 0 N–H and O–H groups in total. The molecule has 2 rings (SSSR count). The number of carbonyl (C=O) groups is 2. The zero-order valence-electron chi connectivity index (χ0n) is 14.0. The molecule has 1 fully saturated rings. The van der Waals surface area contributed by atoms with Gasteiger partial charge in [0.1, 0.15) is 5.82 Å². The van der Waals surface area contributed by atoms with Crippen molar-refractivity contribution in [1.29, 1.82) is 0 Å². The second kappa shape index (κ2) is 7.44. The standard InChI is InChI=1S/C17H24FN3O2/c1-4-21(13(2)3)17(23)20-10-8-19(9-11-20)16(22)14-6-5-7-15(18)12-14/h5-7,12-13H,4,8-11H2,1-3H3. The van der Waals surface area contributed by atoms with Gasteiger partial charge in [0.2, 0.25) is 0 Å². The van der Waals surface area contributed by atoms with E-state index in [1.54, 1.807) is 15.9 Å². The van der Waals surface area contributed by atoms with Gasteiger partial charge in [-0.15, -0.1) is 0 Å². The van der Waals surface area contributed by atoms with Crippen LogP contribution in [0.4, 0.5) is 9.18 Å². The van der Waals surface area contributed by atoms with E-state index in [2.05, 4.69) is 0 Å². The first-order valence-electron chi connectivity index (χ1n) is 8.04. The van der Waals surface area contributed by atoms with Crippen molar-refractivity contribution in [3.63, 3.8) is 0 Å². The molecule has 1 heterocycles. The first kappa shape index (κ1) is 17.2. The molecule has 0 radical (unpaired) electrons. The molecule has 126 valence electrons. The summed E-state index contributed by atoms with van der Waals surface area (Å²) in [5.74, 6) is -0.604. The number of carbonyl (C=O) groups excluding carboxylic acids is 2. The van der Waals surface area contributed by atoms with Crippen LogP contribution in [0, 0.1) is 5.82 Å². The van der Waals surface area contributed by atoms with Crippen LogP contribution in [0.5, 0.6) is 0 Å². The highest BCUT2D eigenvalue weighted by Gasteiger charge is 2.28. The lowest BCUT2D eigenvalue weighted by molar-refractivity contribution is 0.0630. The molecule has 1 aromatic rings. The van der Waals surface area contributed by atoms with Crippen LogP contribution in [-0.2, 0) is 0 Å². The summed E-state index contributed by atoms with van der Waals surface area (Å²) in [4.78, 5) is 30.1. The number of urea groups is 1. The molecular formula is C17H24FN3O2. The molecule has 0 aliphatic carbocycles. The number of hydrogen-bond donors (Lipinski definition) is 0. The molecule has 6 heteroatoms. The average Bonchev–Trinajstić information content (AvgIpc) is 2.54. The minimum Gasteiger partial charge on any atom is -0.335 e. The van der Waals surface area contributed by atoms with Gasteiger partial charge in [-0.05, 0) is 39.0 Å². The Morgan fingerprint density at radius 1 is 1.17 bits per heavy atom. The molecule has 5 nitrogen and oxygen atoms in total. The Morgan fingerprint density at radius 3 is 2.30 bits per heavy atom. The van der Waals surface area contributed by atoms with Gasteiger partial charge in [0.05, 0.1) is 0 Å². The summed E-state index contributed by atoms with van der Waals surface area (Å²) < 4.78 is 13.2. The highest BCUT2D eigenvalue weighted by molar-refractivity contribution is 5.94. The maximum atomic E-state index is 13.2. The third-order valence-electron chi connectivity index (χ3n) is 4.12. The Kier molecular flexibility index (Phi) is 5.58. The summed E-state index contributed by atoms with van der Waals surface area (Å²) in [6.45, 7) is 8.55. The molecule has 0 atom stereocenters. The fourth-order valence-electron chi connectivity index (χ4n) is 2.81. The molecule has 1 aliphatic heterocycles. The van der Waals surface area contributed by atoms with E-state index in [1.807, 2.05) is 25.7 Å². The zero-order valence-corrected chi connectivity index (χ0v) is 14.0. The van der Waals surface area contributed by atoms with Gasteiger partial charge >= 0.3 is 6.03 Å². The first-order valence-corrected chi connectivity index (χ1v) is 8.04. The van der Waals surface area contributed by atoms with Gasteiger partial charge in [0, 0.05) is 44.3 Å². The van der Waals surface area contributed by atoms with Gasteiger partial charge in [0.25, 0.3) is 5.91 Å². The normalized spacial score (nSPS) is 15.0. The third kappa shape index (κ3) is 4.00. The van der Waals surface area contributed by atoms with Crippen LogP contribution in [0.2, 0.25) is 0 Å². The van der Waals surface area contributed by atoms with E-state index in [9.17, 15) is 14.0 Å². The molecule has 1 aliphatic rings. The SMILES string of the molecule is CCN(C(=O)N1CCN(C(=O)c2cccc(F)c2)CC1)C(C)C. The number of nitrogens with zero attached hydrogens (tertiary/aromatic N) is 3. The molecule has 0 unspecified atom stereocenters. The molecule has 0 aromatic heterocycles. The highest BCUT2D eigenvalue weighted by Crippen LogP contribution is 2.12. The fraction of sp³-hybridized carbons (Fsp3) is 0.529. The predicted octanol–water partition coefficient (Wildman–Crippen LogP) is 2.43. The number of rotatable bonds is 3. The number of hydrogen-bond acceptors (Lipinski definition) is 2. The zero-order chi connectivity index (χ0) is 17.0. The van der Waals surface area contributed by atoms with E-state index in [0.29, 0.717) is 38.3 Å². The van der Waals surface area contributed by atoms with Crippen molar-refractivity contribution >= 4 is 11.9 Å². The van der Waals surface area contributed by atoms with Crippen LogP contribution in [0.15, 0.2) is 24.3 Å². The Morgan fingerprint density at radius 2 is 1.78 bits per heavy atom. The lowest BCUT2D eigenvalue weighted by Crippen LogP contribution is -2.55. The second-order valence-corrected chi connectivity index (χ2v) is 5.95. The van der Waals surface area contributed by atoms with E-state index in [4.69, 9.17) is 0 Å². The third-order valence-corrected chi connectivity index (χ3v) is 4.12. The highest BCUT2D eigenvalue weighted by atomic mass is 19.1. The van der Waals surface area contributed by atoms with Gasteiger partial charge < -0.3 is 14.7 Å². The van der Waals surface area contributed by atoms with Gasteiger partial charge in [-0.2, -0.15) is 0 Å². The van der Waals surface area contributed by atoms with E-state index in [-0.39, 0.29) is 18.0 Å². The van der Waals surface area contributed by atoms with Crippen molar-refractivity contribution < 1.29 is 14.0 Å². The minimum atomic E-state index is -0.416. The quantitative estimate of drug-likeness (QED) is 0.858. The summed E-state index contributed by atoms with van der Waals surface area (Å²) in [5.41, 5.74) is 0.349. The fourth-order valence-corrected chi connectivity index (χ4v) is 2.81. The predicted molar refractivity (Wildman–Crippen MR) is 86.8 cm³/mol. The van der Waals surface area contributed by atoms with Crippen molar-refractivity contribution in [3.05, 3.63) is 35.6 Å². The van der Waals surface area contributed by atoms with E-state index < -0.39 is 5.82 Å². The number of halogens is 1. The Hall–Kier alpha value is -2.11. The van der Waals surface area contributed by atoms with Crippen LogP contribution in [0.25, 0.3) is 0 Å². The molecular weight excluding hydrogens is 297 g/mol. The van der Waals surface area contributed by atoms with Gasteiger partial charge in [-0.1, -0.05) is 6.07 Å². The van der Waals surface area contributed by atoms with Crippen molar-refractivity contribution in [2.45, 2.75) is 26.8 Å². The topological polar surface area (TPSA) is 43.9 Å². The van der Waals surface area contributed by atoms with E-state index >= 15 is 0 Å². The molecule has 1 saturated heterocycles. The Balaban J connectivity index is 1.96. The number of piperazine rings is 1. The van der Waals surface area contributed by atoms with Crippen LogP contribution in [-0.4, -0.2) is 65.4 Å². The van der Waals surface area contributed by atoms with Crippen molar-refractivity contribution in [2.24, 2.45) is 0 Å². The summed E-state index contributed by atoms with van der Waals surface area (Å²) in [6.07, 6.45) is 0. The summed E-state index contributed by atoms with van der Waals surface area (Å²) in [7, 11) is 0.